The number of benzene rings is 1. The van der Waals surface area contributed by atoms with Crippen LogP contribution in [0.2, 0.25) is 0 Å². The fraction of sp³-hybridized carbons (Fsp3) is 0.273. The maximum absolute atomic E-state index is 11.6. The predicted molar refractivity (Wildman–Crippen MR) is 62.9 cm³/mol. The number of thioether (sulfide) groups is 1. The minimum atomic E-state index is -0.451. The monoisotopic (exact) mass is 223 g/mol. The Morgan fingerprint density at radius 1 is 1.27 bits per heavy atom. The van der Waals surface area contributed by atoms with Gasteiger partial charge in [-0.1, -0.05) is 18.7 Å². The molecule has 4 heteroatoms. The highest BCUT2D eigenvalue weighted by Gasteiger charge is 2.15. The Balaban J connectivity index is 2.68. The minimum Gasteiger partial charge on any atom is -0.399 e. The van der Waals surface area contributed by atoms with E-state index in [9.17, 15) is 9.59 Å². The Labute approximate surface area is 93.0 Å². The molecule has 1 rings (SSSR count). The van der Waals surface area contributed by atoms with Crippen molar-refractivity contribution in [2.24, 2.45) is 0 Å². The molecule has 2 N–H and O–H groups in total. The van der Waals surface area contributed by atoms with Gasteiger partial charge in [-0.25, -0.2) is 0 Å². The molecule has 0 spiro atoms. The van der Waals surface area contributed by atoms with Crippen molar-refractivity contribution >= 4 is 28.3 Å². The number of hydrogen-bond donors (Lipinski definition) is 1. The Bertz CT molecular complexity index is 359. The third-order valence-corrected chi connectivity index (χ3v) is 2.86. The van der Waals surface area contributed by atoms with Crippen molar-refractivity contribution in [3.05, 3.63) is 29.8 Å². The summed E-state index contributed by atoms with van der Waals surface area (Å²) in [5.74, 6) is 0.230. The quantitative estimate of drug-likeness (QED) is 0.482. The summed E-state index contributed by atoms with van der Waals surface area (Å²) in [6, 6.07) is 6.38. The van der Waals surface area contributed by atoms with Crippen LogP contribution in [0.15, 0.2) is 24.3 Å². The van der Waals surface area contributed by atoms with E-state index in [1.54, 1.807) is 24.3 Å². The van der Waals surface area contributed by atoms with Crippen molar-refractivity contribution in [1.29, 1.82) is 0 Å². The Morgan fingerprint density at radius 2 is 1.87 bits per heavy atom. The lowest BCUT2D eigenvalue weighted by Crippen LogP contribution is -2.10. The Kier molecular flexibility index (Phi) is 4.37. The molecule has 0 amide bonds. The smallest absolute Gasteiger partial charge is 0.259 e. The van der Waals surface area contributed by atoms with E-state index < -0.39 is 10.9 Å². The lowest BCUT2D eigenvalue weighted by Gasteiger charge is -1.99. The normalized spacial score (nSPS) is 9.93. The molecule has 0 radical (unpaired) electrons. The first kappa shape index (κ1) is 11.8. The van der Waals surface area contributed by atoms with Crippen LogP contribution < -0.4 is 5.73 Å². The zero-order valence-corrected chi connectivity index (χ0v) is 9.34. The average molecular weight is 223 g/mol. The third-order valence-electron chi connectivity index (χ3n) is 1.80. The van der Waals surface area contributed by atoms with Gasteiger partial charge in [0.1, 0.15) is 0 Å². The number of anilines is 1. The molecule has 0 aliphatic rings. The fourth-order valence-corrected chi connectivity index (χ4v) is 1.65. The number of ketones is 1. The molecule has 0 aliphatic carbocycles. The largest absolute Gasteiger partial charge is 0.399 e. The van der Waals surface area contributed by atoms with Gasteiger partial charge < -0.3 is 5.73 Å². The molecule has 0 heterocycles. The van der Waals surface area contributed by atoms with E-state index in [1.165, 1.54) is 0 Å². The molecule has 0 saturated carbocycles. The second-order valence-corrected chi connectivity index (χ2v) is 4.15. The number of hydrogen-bond acceptors (Lipinski definition) is 4. The van der Waals surface area contributed by atoms with Gasteiger partial charge in [-0.05, 0) is 30.7 Å². The molecule has 0 unspecified atom stereocenters. The van der Waals surface area contributed by atoms with Crippen LogP contribution in [0.25, 0.3) is 0 Å². The molecule has 15 heavy (non-hydrogen) atoms. The maximum Gasteiger partial charge on any atom is 0.259 e. The maximum atomic E-state index is 11.6. The number of rotatable bonds is 4. The summed E-state index contributed by atoms with van der Waals surface area (Å²) in [6.45, 7) is 1.97. The summed E-state index contributed by atoms with van der Waals surface area (Å²) < 4.78 is 0. The van der Waals surface area contributed by atoms with E-state index in [0.29, 0.717) is 17.0 Å². The molecular weight excluding hydrogens is 210 g/mol. The van der Waals surface area contributed by atoms with Crippen LogP contribution in [0.1, 0.15) is 23.7 Å². The van der Waals surface area contributed by atoms with E-state index >= 15 is 0 Å². The fourth-order valence-electron chi connectivity index (χ4n) is 1.01. The van der Waals surface area contributed by atoms with Crippen LogP contribution in [0.3, 0.4) is 0 Å². The van der Waals surface area contributed by atoms with Gasteiger partial charge in [0.25, 0.3) is 5.12 Å². The number of nitrogens with two attached hydrogens (primary N) is 1. The minimum absolute atomic E-state index is 0.401. The second kappa shape index (κ2) is 5.56. The third kappa shape index (κ3) is 3.40. The Hall–Kier alpha value is -1.29. The van der Waals surface area contributed by atoms with Crippen LogP contribution >= 0.6 is 11.8 Å². The van der Waals surface area contributed by atoms with Gasteiger partial charge in [0.15, 0.2) is 0 Å². The van der Waals surface area contributed by atoms with Gasteiger partial charge in [-0.2, -0.15) is 0 Å². The van der Waals surface area contributed by atoms with Gasteiger partial charge in [0.2, 0.25) is 5.78 Å². The van der Waals surface area contributed by atoms with Crippen molar-refractivity contribution in [3.63, 3.8) is 0 Å². The van der Waals surface area contributed by atoms with Gasteiger partial charge in [0, 0.05) is 17.0 Å². The SMILES string of the molecule is CCCSC(=O)C(=O)c1ccc(N)cc1. The van der Waals surface area contributed by atoms with Crippen LogP contribution in [0, 0.1) is 0 Å². The molecule has 1 aromatic carbocycles. The Morgan fingerprint density at radius 3 is 2.40 bits per heavy atom. The molecule has 0 aromatic heterocycles. The lowest BCUT2D eigenvalue weighted by atomic mass is 10.1. The van der Waals surface area contributed by atoms with Crippen LogP contribution in [-0.4, -0.2) is 16.7 Å². The van der Waals surface area contributed by atoms with Crippen molar-refractivity contribution in [2.45, 2.75) is 13.3 Å². The van der Waals surface area contributed by atoms with Crippen LogP contribution in [0.5, 0.6) is 0 Å². The summed E-state index contributed by atoms with van der Waals surface area (Å²) in [7, 11) is 0. The standard InChI is InChI=1S/C11H13NO2S/c1-2-7-15-11(14)10(13)8-3-5-9(12)6-4-8/h3-6H,2,7,12H2,1H3. The zero-order chi connectivity index (χ0) is 11.3. The molecule has 0 atom stereocenters. The van der Waals surface area contributed by atoms with Crippen molar-refractivity contribution in [1.82, 2.24) is 0 Å². The molecule has 0 aliphatic heterocycles. The molecule has 3 nitrogen and oxygen atoms in total. The average Bonchev–Trinajstić information content (AvgIpc) is 2.26. The van der Waals surface area contributed by atoms with Gasteiger partial charge >= 0.3 is 0 Å². The van der Waals surface area contributed by atoms with E-state index in [1.807, 2.05) is 6.92 Å². The number of carbonyl (C=O) groups is 2. The molecular formula is C11H13NO2S. The molecule has 1 aromatic rings. The highest BCUT2D eigenvalue weighted by atomic mass is 32.2. The lowest BCUT2D eigenvalue weighted by molar-refractivity contribution is -0.107. The summed E-state index contributed by atoms with van der Waals surface area (Å²) in [6.07, 6.45) is 0.880. The topological polar surface area (TPSA) is 60.2 Å². The van der Waals surface area contributed by atoms with E-state index in [4.69, 9.17) is 5.73 Å². The van der Waals surface area contributed by atoms with E-state index in [2.05, 4.69) is 0 Å². The number of carbonyl (C=O) groups excluding carboxylic acids is 2. The van der Waals surface area contributed by atoms with E-state index in [-0.39, 0.29) is 0 Å². The second-order valence-electron chi connectivity index (χ2n) is 3.09. The highest BCUT2D eigenvalue weighted by molar-refractivity contribution is 8.15. The zero-order valence-electron chi connectivity index (χ0n) is 8.53. The number of nitrogen functional groups attached to an aromatic ring is 1. The first-order valence-electron chi connectivity index (χ1n) is 4.72. The van der Waals surface area contributed by atoms with Gasteiger partial charge in [-0.3, -0.25) is 9.59 Å². The summed E-state index contributed by atoms with van der Waals surface area (Å²) in [5.41, 5.74) is 6.47. The van der Waals surface area contributed by atoms with E-state index in [0.717, 1.165) is 18.2 Å². The highest BCUT2D eigenvalue weighted by Crippen LogP contribution is 2.12. The van der Waals surface area contributed by atoms with Gasteiger partial charge in [-0.15, -0.1) is 0 Å². The molecule has 0 bridgehead atoms. The van der Waals surface area contributed by atoms with Crippen LogP contribution in [-0.2, 0) is 4.79 Å². The summed E-state index contributed by atoms with van der Waals surface area (Å²) >= 11 is 1.06. The summed E-state index contributed by atoms with van der Waals surface area (Å²) in [4.78, 5) is 22.9. The van der Waals surface area contributed by atoms with Crippen LogP contribution in [0.4, 0.5) is 5.69 Å². The van der Waals surface area contributed by atoms with Crippen molar-refractivity contribution in [3.8, 4) is 0 Å². The van der Waals surface area contributed by atoms with Gasteiger partial charge in [0.05, 0.1) is 0 Å². The molecule has 0 fully saturated rings. The van der Waals surface area contributed by atoms with Crippen molar-refractivity contribution in [2.75, 3.05) is 11.5 Å². The summed E-state index contributed by atoms with van der Waals surface area (Å²) in [5, 5.41) is -0.401. The number of Topliss-reactive ketones (excluding diaryl/α,β-unsaturated/α-hetero) is 1. The molecule has 80 valence electrons. The van der Waals surface area contributed by atoms with Crippen molar-refractivity contribution < 1.29 is 9.59 Å². The molecule has 0 saturated heterocycles. The first-order valence-corrected chi connectivity index (χ1v) is 5.70. The predicted octanol–water partition coefficient (Wildman–Crippen LogP) is 2.12. The first-order chi connectivity index (χ1) is 7.15.